The molecule has 0 saturated carbocycles. The summed E-state index contributed by atoms with van der Waals surface area (Å²) in [5.41, 5.74) is 2.07. The van der Waals surface area contributed by atoms with E-state index in [2.05, 4.69) is 60.8 Å². The van der Waals surface area contributed by atoms with Gasteiger partial charge in [0.2, 0.25) is 0 Å². The first kappa shape index (κ1) is 20.6. The van der Waals surface area contributed by atoms with Gasteiger partial charge in [-0.1, -0.05) is 70.0 Å². The highest BCUT2D eigenvalue weighted by Crippen LogP contribution is 2.36. The lowest BCUT2D eigenvalue weighted by Gasteiger charge is -2.34. The summed E-state index contributed by atoms with van der Waals surface area (Å²) in [7, 11) is 0. The predicted octanol–water partition coefficient (Wildman–Crippen LogP) is 6.87. The van der Waals surface area contributed by atoms with Crippen molar-refractivity contribution in [2.24, 2.45) is 10.2 Å². The molecule has 0 fully saturated rings. The Bertz CT molecular complexity index is 773. The molecule has 0 aliphatic heterocycles. The summed E-state index contributed by atoms with van der Waals surface area (Å²) in [5.74, 6) is -1.02. The highest BCUT2D eigenvalue weighted by Gasteiger charge is 2.23. The van der Waals surface area contributed by atoms with Gasteiger partial charge >= 0.3 is 5.97 Å². The average molecular weight is 483 g/mol. The lowest BCUT2D eigenvalue weighted by molar-refractivity contribution is 0.0697. The van der Waals surface area contributed by atoms with E-state index in [9.17, 15) is 9.90 Å². The molecule has 26 heavy (non-hydrogen) atoms. The van der Waals surface area contributed by atoms with Gasteiger partial charge in [0.05, 0.1) is 21.2 Å². The van der Waals surface area contributed by atoms with E-state index in [0.717, 1.165) is 18.5 Å². The normalized spacial score (nSPS) is 13.5. The monoisotopic (exact) mass is 481 g/mol. The van der Waals surface area contributed by atoms with Crippen LogP contribution in [0.15, 0.2) is 58.8 Å². The molecule has 0 aromatic heterocycles. The predicted molar refractivity (Wildman–Crippen MR) is 113 cm³/mol. The second kappa shape index (κ2) is 9.83. The van der Waals surface area contributed by atoms with E-state index in [1.807, 2.05) is 24.3 Å². The Morgan fingerprint density at radius 1 is 0.962 bits per heavy atom. The first-order valence-corrected chi connectivity index (χ1v) is 10.2. The molecule has 2 atom stereocenters. The molecule has 2 unspecified atom stereocenters. The molecule has 0 amide bonds. The molecule has 0 saturated heterocycles. The van der Waals surface area contributed by atoms with Gasteiger partial charge in [0.15, 0.2) is 0 Å². The van der Waals surface area contributed by atoms with E-state index in [1.54, 1.807) is 18.2 Å². The minimum absolute atomic E-state index is 0.129. The van der Waals surface area contributed by atoms with Gasteiger partial charge in [-0.05, 0) is 37.1 Å². The van der Waals surface area contributed by atoms with Gasteiger partial charge in [0.1, 0.15) is 11.4 Å². The van der Waals surface area contributed by atoms with Gasteiger partial charge in [-0.3, -0.25) is 0 Å². The van der Waals surface area contributed by atoms with Crippen LogP contribution >= 0.6 is 31.9 Å². The van der Waals surface area contributed by atoms with E-state index >= 15 is 0 Å². The van der Waals surface area contributed by atoms with Crippen LogP contribution < -0.4 is 4.90 Å². The fraction of sp³-hybridized carbons (Fsp3) is 0.316. The molecule has 138 valence electrons. The Balaban J connectivity index is 2.45. The molecule has 2 aromatic rings. The van der Waals surface area contributed by atoms with Gasteiger partial charge < -0.3 is 10.0 Å². The third kappa shape index (κ3) is 4.92. The van der Waals surface area contributed by atoms with Gasteiger partial charge in [-0.2, -0.15) is 0 Å². The number of anilines is 1. The number of alkyl halides is 2. The van der Waals surface area contributed by atoms with E-state index in [-0.39, 0.29) is 15.5 Å². The first-order valence-electron chi connectivity index (χ1n) is 8.39. The molecule has 1 N–H and O–H groups in total. The summed E-state index contributed by atoms with van der Waals surface area (Å²) < 4.78 is 0. The summed E-state index contributed by atoms with van der Waals surface area (Å²) in [6, 6.07) is 14.3. The molecule has 7 heteroatoms. The SMILES string of the molecule is CCC(Br)N(c1ccccc1N=Nc1ccccc1C(=O)O)C(Br)CC. The van der Waals surface area contributed by atoms with Crippen molar-refractivity contribution in [2.45, 2.75) is 36.6 Å². The van der Waals surface area contributed by atoms with Crippen molar-refractivity contribution in [3.8, 4) is 0 Å². The molecule has 0 heterocycles. The van der Waals surface area contributed by atoms with Crippen molar-refractivity contribution < 1.29 is 9.90 Å². The summed E-state index contributed by atoms with van der Waals surface area (Å²) in [5, 5.41) is 17.8. The Kier molecular flexibility index (Phi) is 7.78. The summed E-state index contributed by atoms with van der Waals surface area (Å²) in [6.45, 7) is 4.21. The molecule has 0 radical (unpaired) electrons. The van der Waals surface area contributed by atoms with E-state index in [1.165, 1.54) is 6.07 Å². The number of carboxylic acid groups (broad SMARTS) is 1. The number of benzene rings is 2. The number of hydrogen-bond donors (Lipinski definition) is 1. The summed E-state index contributed by atoms with van der Waals surface area (Å²) >= 11 is 7.46. The first-order chi connectivity index (χ1) is 12.5. The Labute approximate surface area is 170 Å². The zero-order valence-corrected chi connectivity index (χ0v) is 17.8. The number of azo groups is 1. The number of halogens is 2. The molecule has 5 nitrogen and oxygen atoms in total. The van der Waals surface area contributed by atoms with Crippen molar-refractivity contribution in [3.63, 3.8) is 0 Å². The maximum Gasteiger partial charge on any atom is 0.337 e. The molecular weight excluding hydrogens is 462 g/mol. The quantitative estimate of drug-likeness (QED) is 0.253. The van der Waals surface area contributed by atoms with Crippen LogP contribution in [0.4, 0.5) is 17.1 Å². The standard InChI is InChI=1S/C19H21Br2N3O2/c1-3-17(20)24(18(21)4-2)16-12-8-7-11-15(16)23-22-14-10-6-5-9-13(14)19(25)26/h5-12,17-18H,3-4H2,1-2H3,(H,25,26). The second-order valence-electron chi connectivity index (χ2n) is 5.60. The van der Waals surface area contributed by atoms with Crippen molar-refractivity contribution >= 4 is 54.9 Å². The third-order valence-corrected chi connectivity index (χ3v) is 6.01. The zero-order valence-electron chi connectivity index (χ0n) is 14.6. The van der Waals surface area contributed by atoms with Crippen LogP contribution in [0, 0.1) is 0 Å². The number of nitrogens with zero attached hydrogens (tertiary/aromatic N) is 3. The molecule has 0 spiro atoms. The topological polar surface area (TPSA) is 65.3 Å². The highest BCUT2D eigenvalue weighted by molar-refractivity contribution is 9.10. The molecule has 0 aliphatic rings. The van der Waals surface area contributed by atoms with Crippen LogP contribution in [0.5, 0.6) is 0 Å². The van der Waals surface area contributed by atoms with Crippen molar-refractivity contribution in [1.29, 1.82) is 0 Å². The molecular formula is C19H21Br2N3O2. The van der Waals surface area contributed by atoms with Gasteiger partial charge in [0, 0.05) is 0 Å². The zero-order chi connectivity index (χ0) is 19.1. The summed E-state index contributed by atoms with van der Waals surface area (Å²) in [6.07, 6.45) is 1.82. The third-order valence-electron chi connectivity index (χ3n) is 3.84. The maximum absolute atomic E-state index is 11.3. The van der Waals surface area contributed by atoms with E-state index < -0.39 is 5.97 Å². The fourth-order valence-electron chi connectivity index (χ4n) is 2.49. The van der Waals surface area contributed by atoms with Crippen LogP contribution in [-0.2, 0) is 0 Å². The van der Waals surface area contributed by atoms with E-state index in [0.29, 0.717) is 11.4 Å². The average Bonchev–Trinajstić information content (AvgIpc) is 2.67. The van der Waals surface area contributed by atoms with Crippen molar-refractivity contribution in [3.05, 3.63) is 54.1 Å². The van der Waals surface area contributed by atoms with Gasteiger partial charge in [0.25, 0.3) is 0 Å². The molecule has 2 rings (SSSR count). The molecule has 2 aromatic carbocycles. The van der Waals surface area contributed by atoms with Crippen LogP contribution in [0.1, 0.15) is 37.0 Å². The van der Waals surface area contributed by atoms with Crippen LogP contribution in [0.25, 0.3) is 0 Å². The van der Waals surface area contributed by atoms with Crippen molar-refractivity contribution in [2.75, 3.05) is 4.90 Å². The number of rotatable bonds is 8. The van der Waals surface area contributed by atoms with Crippen LogP contribution in [0.3, 0.4) is 0 Å². The highest BCUT2D eigenvalue weighted by atomic mass is 79.9. The smallest absolute Gasteiger partial charge is 0.337 e. The lowest BCUT2D eigenvalue weighted by Crippen LogP contribution is -2.36. The largest absolute Gasteiger partial charge is 0.478 e. The second-order valence-corrected chi connectivity index (χ2v) is 7.72. The number of para-hydroxylation sites is 1. The van der Waals surface area contributed by atoms with Crippen LogP contribution in [-0.4, -0.2) is 21.0 Å². The summed E-state index contributed by atoms with van der Waals surface area (Å²) in [4.78, 5) is 13.8. The Morgan fingerprint density at radius 2 is 1.46 bits per heavy atom. The van der Waals surface area contributed by atoms with E-state index in [4.69, 9.17) is 0 Å². The van der Waals surface area contributed by atoms with Gasteiger partial charge in [-0.25, -0.2) is 4.79 Å². The van der Waals surface area contributed by atoms with Crippen molar-refractivity contribution in [1.82, 2.24) is 0 Å². The Hall–Kier alpha value is -1.73. The number of carboxylic acids is 1. The molecule has 0 aliphatic carbocycles. The Morgan fingerprint density at radius 3 is 2.04 bits per heavy atom. The number of hydrogen-bond acceptors (Lipinski definition) is 4. The van der Waals surface area contributed by atoms with Gasteiger partial charge in [-0.15, -0.1) is 10.2 Å². The minimum atomic E-state index is -1.02. The fourth-order valence-corrected chi connectivity index (χ4v) is 3.82. The number of aromatic carboxylic acids is 1. The lowest BCUT2D eigenvalue weighted by atomic mass is 10.2. The van der Waals surface area contributed by atoms with Crippen LogP contribution in [0.2, 0.25) is 0 Å². The minimum Gasteiger partial charge on any atom is -0.478 e. The maximum atomic E-state index is 11.3. The molecule has 0 bridgehead atoms. The number of carbonyl (C=O) groups is 1.